The monoisotopic (exact) mass is 340 g/mol. The normalized spacial score (nSPS) is 26.1. The van der Waals surface area contributed by atoms with E-state index in [-0.39, 0.29) is 11.5 Å². The summed E-state index contributed by atoms with van der Waals surface area (Å²) in [6.45, 7) is 1.94. The molecule has 1 fully saturated rings. The van der Waals surface area contributed by atoms with Crippen LogP contribution in [0.15, 0.2) is 28.6 Å². The molecule has 1 N–H and O–H groups in total. The number of hydrogen-bond donors (Lipinski definition) is 1. The number of likely N-dealkylation sites (N-methyl/N-ethyl adjacent to an activating group) is 1. The van der Waals surface area contributed by atoms with Crippen LogP contribution in [-0.4, -0.2) is 42.0 Å². The van der Waals surface area contributed by atoms with E-state index in [0.717, 1.165) is 16.6 Å². The summed E-state index contributed by atoms with van der Waals surface area (Å²) in [5.41, 5.74) is 0.112. The number of nitrogens with zero attached hydrogens (tertiary/aromatic N) is 2. The first-order valence-electron chi connectivity index (χ1n) is 7.32. The molecule has 22 heavy (non-hydrogen) atoms. The van der Waals surface area contributed by atoms with Crippen molar-refractivity contribution in [2.75, 3.05) is 13.7 Å². The molecule has 1 saturated carbocycles. The topological polar surface area (TPSA) is 70.5 Å². The number of sulfonamides is 1. The number of pyridine rings is 1. The highest BCUT2D eigenvalue weighted by atomic mass is 32.2. The van der Waals surface area contributed by atoms with Gasteiger partial charge in [0.2, 0.25) is 10.0 Å². The second-order valence-corrected chi connectivity index (χ2v) is 9.09. The average molecular weight is 340 g/mol. The number of hydrogen-bond acceptors (Lipinski definition) is 5. The van der Waals surface area contributed by atoms with E-state index in [9.17, 15) is 13.5 Å². The van der Waals surface area contributed by atoms with Gasteiger partial charge >= 0.3 is 0 Å². The van der Waals surface area contributed by atoms with Crippen molar-refractivity contribution < 1.29 is 13.5 Å². The van der Waals surface area contributed by atoms with Crippen molar-refractivity contribution >= 4 is 31.6 Å². The van der Waals surface area contributed by atoms with E-state index < -0.39 is 15.6 Å². The van der Waals surface area contributed by atoms with Gasteiger partial charge < -0.3 is 5.11 Å². The first-order chi connectivity index (χ1) is 10.4. The third-order valence-corrected chi connectivity index (χ3v) is 7.51. The van der Waals surface area contributed by atoms with Crippen LogP contribution in [0.5, 0.6) is 0 Å². The summed E-state index contributed by atoms with van der Waals surface area (Å²) in [7, 11) is -2.10. The number of aliphatic hydroxyl groups excluding tert-OH is 1. The van der Waals surface area contributed by atoms with Crippen LogP contribution in [0, 0.1) is 5.92 Å². The fourth-order valence-corrected chi connectivity index (χ4v) is 5.64. The Morgan fingerprint density at radius 2 is 2.32 bits per heavy atom. The minimum absolute atomic E-state index is 0.151. The number of aliphatic hydroxyl groups is 1. The molecule has 0 aromatic carbocycles. The van der Waals surface area contributed by atoms with Gasteiger partial charge in [-0.1, -0.05) is 6.92 Å². The molecule has 3 rings (SSSR count). The van der Waals surface area contributed by atoms with Crippen LogP contribution >= 0.6 is 11.3 Å². The molecule has 0 aliphatic heterocycles. The van der Waals surface area contributed by atoms with Gasteiger partial charge in [-0.15, -0.1) is 11.3 Å². The molecule has 7 heteroatoms. The quantitative estimate of drug-likeness (QED) is 0.928. The number of aromatic nitrogens is 1. The third kappa shape index (κ3) is 2.46. The fraction of sp³-hybridized carbons (Fsp3) is 0.533. The molecule has 2 heterocycles. The zero-order valence-corrected chi connectivity index (χ0v) is 14.3. The minimum atomic E-state index is -3.67. The molecule has 0 amide bonds. The predicted molar refractivity (Wildman–Crippen MR) is 87.4 cm³/mol. The van der Waals surface area contributed by atoms with Gasteiger partial charge in [0.25, 0.3) is 0 Å². The van der Waals surface area contributed by atoms with Crippen molar-refractivity contribution in [3.05, 3.63) is 23.7 Å². The molecule has 2 aromatic rings. The Morgan fingerprint density at radius 1 is 1.55 bits per heavy atom. The SMILES string of the molecule is CC1CCC(CO)(N(C)S(=O)(=O)c2cnc3ccsc3c2)C1. The van der Waals surface area contributed by atoms with E-state index in [4.69, 9.17) is 0 Å². The maximum atomic E-state index is 12.9. The lowest BCUT2D eigenvalue weighted by Gasteiger charge is -2.36. The van der Waals surface area contributed by atoms with E-state index in [1.165, 1.54) is 21.8 Å². The van der Waals surface area contributed by atoms with Crippen LogP contribution in [-0.2, 0) is 10.0 Å². The largest absolute Gasteiger partial charge is 0.394 e. The molecule has 1 aliphatic carbocycles. The van der Waals surface area contributed by atoms with E-state index in [0.29, 0.717) is 18.8 Å². The van der Waals surface area contributed by atoms with Crippen LogP contribution in [0.4, 0.5) is 0 Å². The first-order valence-corrected chi connectivity index (χ1v) is 9.64. The van der Waals surface area contributed by atoms with Crippen molar-refractivity contribution in [2.45, 2.75) is 36.6 Å². The smallest absolute Gasteiger partial charge is 0.244 e. The highest BCUT2D eigenvalue weighted by molar-refractivity contribution is 7.89. The van der Waals surface area contributed by atoms with Gasteiger partial charge in [0.1, 0.15) is 4.90 Å². The van der Waals surface area contributed by atoms with Crippen molar-refractivity contribution in [2.24, 2.45) is 5.92 Å². The van der Waals surface area contributed by atoms with Crippen LogP contribution in [0.1, 0.15) is 26.2 Å². The fourth-order valence-electron chi connectivity index (χ4n) is 3.28. The van der Waals surface area contributed by atoms with Crippen LogP contribution in [0.2, 0.25) is 0 Å². The Balaban J connectivity index is 2.00. The lowest BCUT2D eigenvalue weighted by atomic mass is 9.98. The zero-order valence-electron chi connectivity index (χ0n) is 12.7. The van der Waals surface area contributed by atoms with Gasteiger partial charge in [-0.25, -0.2) is 8.42 Å². The molecule has 0 bridgehead atoms. The molecule has 120 valence electrons. The lowest BCUT2D eigenvalue weighted by Crippen LogP contribution is -2.50. The van der Waals surface area contributed by atoms with E-state index in [1.807, 2.05) is 11.4 Å². The second-order valence-electron chi connectivity index (χ2n) is 6.18. The van der Waals surface area contributed by atoms with Gasteiger partial charge in [0.05, 0.1) is 22.4 Å². The van der Waals surface area contributed by atoms with Crippen molar-refractivity contribution in [1.82, 2.24) is 9.29 Å². The third-order valence-electron chi connectivity index (χ3n) is 4.73. The lowest BCUT2D eigenvalue weighted by molar-refractivity contribution is 0.108. The summed E-state index contributed by atoms with van der Waals surface area (Å²) >= 11 is 1.47. The minimum Gasteiger partial charge on any atom is -0.394 e. The van der Waals surface area contributed by atoms with Gasteiger partial charge in [0, 0.05) is 13.2 Å². The Labute approximate surface area is 134 Å². The summed E-state index contributed by atoms with van der Waals surface area (Å²) in [6, 6.07) is 3.54. The number of fused-ring (bicyclic) bond motifs is 1. The molecule has 1 aliphatic rings. The molecule has 0 radical (unpaired) electrons. The summed E-state index contributed by atoms with van der Waals surface area (Å²) in [4.78, 5) is 4.41. The highest BCUT2D eigenvalue weighted by Gasteiger charge is 2.45. The molecule has 2 aromatic heterocycles. The van der Waals surface area contributed by atoms with Gasteiger partial charge in [0.15, 0.2) is 0 Å². The van der Waals surface area contributed by atoms with E-state index >= 15 is 0 Å². The maximum Gasteiger partial charge on any atom is 0.244 e. The molecule has 2 unspecified atom stereocenters. The van der Waals surface area contributed by atoms with Gasteiger partial charge in [-0.2, -0.15) is 4.31 Å². The van der Waals surface area contributed by atoms with Crippen molar-refractivity contribution in [1.29, 1.82) is 0 Å². The van der Waals surface area contributed by atoms with E-state index in [1.54, 1.807) is 13.1 Å². The second kappa shape index (κ2) is 5.56. The van der Waals surface area contributed by atoms with Crippen LogP contribution < -0.4 is 0 Å². The number of thiophene rings is 1. The first kappa shape index (κ1) is 15.9. The molecule has 0 saturated heterocycles. The Hall–Kier alpha value is -1.02. The molecule has 2 atom stereocenters. The molecular formula is C15H20N2O3S2. The van der Waals surface area contributed by atoms with Crippen LogP contribution in [0.3, 0.4) is 0 Å². The van der Waals surface area contributed by atoms with Crippen molar-refractivity contribution in [3.63, 3.8) is 0 Å². The average Bonchev–Trinajstić information content (AvgIpc) is 3.12. The van der Waals surface area contributed by atoms with E-state index in [2.05, 4.69) is 11.9 Å². The molecular weight excluding hydrogens is 320 g/mol. The van der Waals surface area contributed by atoms with Crippen molar-refractivity contribution in [3.8, 4) is 0 Å². The molecule has 5 nitrogen and oxygen atoms in total. The predicted octanol–water partition coefficient (Wildman–Crippen LogP) is 2.47. The summed E-state index contributed by atoms with van der Waals surface area (Å²) in [5, 5.41) is 11.7. The highest BCUT2D eigenvalue weighted by Crippen LogP contribution is 2.40. The summed E-state index contributed by atoms with van der Waals surface area (Å²) in [5.74, 6) is 0.419. The molecule has 0 spiro atoms. The van der Waals surface area contributed by atoms with Crippen LogP contribution in [0.25, 0.3) is 10.2 Å². The summed E-state index contributed by atoms with van der Waals surface area (Å²) in [6.07, 6.45) is 3.72. The zero-order chi connectivity index (χ0) is 16.0. The maximum absolute atomic E-state index is 12.9. The van der Waals surface area contributed by atoms with Gasteiger partial charge in [-0.3, -0.25) is 4.98 Å². The standard InChI is InChI=1S/C15H20N2O3S2/c1-11-3-5-15(8-11,10-18)17(2)22(19,20)12-7-14-13(16-9-12)4-6-21-14/h4,6-7,9,11,18H,3,5,8,10H2,1-2H3. The Kier molecular flexibility index (Phi) is 4.01. The Morgan fingerprint density at radius 3 is 2.95 bits per heavy atom. The van der Waals surface area contributed by atoms with Gasteiger partial charge in [-0.05, 0) is 42.7 Å². The Bertz CT molecular complexity index is 787. The number of rotatable bonds is 4. The summed E-state index contributed by atoms with van der Waals surface area (Å²) < 4.78 is 28.1.